The quantitative estimate of drug-likeness (QED) is 0.733. The van der Waals surface area contributed by atoms with Crippen LogP contribution in [-0.4, -0.2) is 55.8 Å². The predicted molar refractivity (Wildman–Crippen MR) is 91.5 cm³/mol. The first-order chi connectivity index (χ1) is 11.5. The van der Waals surface area contributed by atoms with Crippen molar-refractivity contribution in [1.82, 2.24) is 15.5 Å². The van der Waals surface area contributed by atoms with Gasteiger partial charge in [-0.1, -0.05) is 32.0 Å². The molecule has 1 aliphatic rings. The molecule has 0 aliphatic carbocycles. The van der Waals surface area contributed by atoms with E-state index in [0.717, 1.165) is 18.8 Å². The Morgan fingerprint density at radius 1 is 1.17 bits per heavy atom. The second-order valence-corrected chi connectivity index (χ2v) is 5.65. The van der Waals surface area contributed by atoms with Crippen LogP contribution in [0.1, 0.15) is 25.5 Å². The van der Waals surface area contributed by atoms with Crippen molar-refractivity contribution in [2.75, 3.05) is 38.1 Å². The number of anilines is 1. The van der Waals surface area contributed by atoms with Gasteiger partial charge in [0, 0.05) is 31.4 Å². The zero-order valence-electron chi connectivity index (χ0n) is 14.3. The zero-order chi connectivity index (χ0) is 17.7. The Hall–Kier alpha value is -2.41. The van der Waals surface area contributed by atoms with E-state index < -0.39 is 17.9 Å². The molecule has 0 saturated heterocycles. The lowest BCUT2D eigenvalue weighted by atomic mass is 10.1. The van der Waals surface area contributed by atoms with E-state index in [2.05, 4.69) is 15.5 Å². The Kier molecular flexibility index (Phi) is 5.92. The van der Waals surface area contributed by atoms with Crippen LogP contribution in [0.25, 0.3) is 0 Å². The maximum absolute atomic E-state index is 12.3. The molecule has 0 bridgehead atoms. The summed E-state index contributed by atoms with van der Waals surface area (Å²) in [5, 5.41) is 5.11. The number of amides is 3. The van der Waals surface area contributed by atoms with E-state index >= 15 is 0 Å². The summed E-state index contributed by atoms with van der Waals surface area (Å²) >= 11 is 0. The third-order valence-corrected chi connectivity index (χ3v) is 4.28. The molecule has 2 rings (SSSR count). The first kappa shape index (κ1) is 17.9. The van der Waals surface area contributed by atoms with Gasteiger partial charge in [-0.3, -0.25) is 14.4 Å². The number of benzene rings is 1. The van der Waals surface area contributed by atoms with Gasteiger partial charge in [-0.05, 0) is 19.2 Å². The fourth-order valence-electron chi connectivity index (χ4n) is 2.77. The lowest BCUT2D eigenvalue weighted by molar-refractivity contribution is -0.140. The highest BCUT2D eigenvalue weighted by molar-refractivity contribution is 6.35. The molecule has 0 unspecified atom stereocenters. The summed E-state index contributed by atoms with van der Waals surface area (Å²) < 4.78 is 0. The minimum absolute atomic E-state index is 0.250. The Bertz CT molecular complexity index is 628. The van der Waals surface area contributed by atoms with Gasteiger partial charge in [0.25, 0.3) is 5.91 Å². The zero-order valence-corrected chi connectivity index (χ0v) is 14.3. The van der Waals surface area contributed by atoms with E-state index in [4.69, 9.17) is 0 Å². The number of para-hydroxylation sites is 1. The molecule has 0 radical (unpaired) electrons. The van der Waals surface area contributed by atoms with Crippen molar-refractivity contribution in [3.63, 3.8) is 0 Å². The van der Waals surface area contributed by atoms with Crippen molar-refractivity contribution in [2.45, 2.75) is 19.9 Å². The van der Waals surface area contributed by atoms with Crippen molar-refractivity contribution in [3.05, 3.63) is 29.8 Å². The number of fused-ring (bicyclic) bond motifs is 1. The van der Waals surface area contributed by atoms with Crippen molar-refractivity contribution in [3.8, 4) is 0 Å². The SMILES string of the molecule is CCN(CC)CCNC(=O)C(=O)N[C@H]1C(=O)N(C)c2ccccc21. The first-order valence-electron chi connectivity index (χ1n) is 8.17. The Balaban J connectivity index is 1.92. The van der Waals surface area contributed by atoms with Gasteiger partial charge in [-0.15, -0.1) is 0 Å². The smallest absolute Gasteiger partial charge is 0.310 e. The van der Waals surface area contributed by atoms with Gasteiger partial charge in [0.2, 0.25) is 0 Å². The number of likely N-dealkylation sites (N-methyl/N-ethyl adjacent to an activating group) is 2. The second kappa shape index (κ2) is 7.92. The fourth-order valence-corrected chi connectivity index (χ4v) is 2.77. The monoisotopic (exact) mass is 332 g/mol. The van der Waals surface area contributed by atoms with E-state index in [1.807, 2.05) is 26.0 Å². The molecule has 1 heterocycles. The Morgan fingerprint density at radius 3 is 2.50 bits per heavy atom. The van der Waals surface area contributed by atoms with Crippen molar-refractivity contribution < 1.29 is 14.4 Å². The summed E-state index contributed by atoms with van der Waals surface area (Å²) in [4.78, 5) is 39.9. The molecule has 7 nitrogen and oxygen atoms in total. The molecule has 1 atom stereocenters. The minimum atomic E-state index is -0.813. The lowest BCUT2D eigenvalue weighted by Gasteiger charge is -2.18. The maximum atomic E-state index is 12.3. The maximum Gasteiger partial charge on any atom is 0.310 e. The van der Waals surface area contributed by atoms with Gasteiger partial charge in [0.05, 0.1) is 0 Å². The number of rotatable bonds is 6. The van der Waals surface area contributed by atoms with Crippen LogP contribution in [0.3, 0.4) is 0 Å². The van der Waals surface area contributed by atoms with E-state index in [0.29, 0.717) is 18.7 Å². The van der Waals surface area contributed by atoms with Crippen LogP contribution in [0.15, 0.2) is 24.3 Å². The third-order valence-electron chi connectivity index (χ3n) is 4.28. The van der Waals surface area contributed by atoms with Crippen LogP contribution in [0.2, 0.25) is 0 Å². The molecule has 1 aromatic rings. The Morgan fingerprint density at radius 2 is 1.83 bits per heavy atom. The largest absolute Gasteiger partial charge is 0.347 e. The number of hydrogen-bond acceptors (Lipinski definition) is 4. The topological polar surface area (TPSA) is 81.8 Å². The summed E-state index contributed by atoms with van der Waals surface area (Å²) in [5.41, 5.74) is 1.45. The summed E-state index contributed by atoms with van der Waals surface area (Å²) in [6.45, 7) is 6.93. The van der Waals surface area contributed by atoms with Gasteiger partial charge in [0.15, 0.2) is 0 Å². The lowest BCUT2D eigenvalue weighted by Crippen LogP contribution is -2.45. The Labute approximate surface area is 142 Å². The molecule has 1 aliphatic heterocycles. The summed E-state index contributed by atoms with van der Waals surface area (Å²) in [5.74, 6) is -1.76. The number of carbonyl (C=O) groups excluding carboxylic acids is 3. The van der Waals surface area contributed by atoms with Crippen LogP contribution < -0.4 is 15.5 Å². The average molecular weight is 332 g/mol. The van der Waals surface area contributed by atoms with E-state index in [-0.39, 0.29) is 5.91 Å². The fraction of sp³-hybridized carbons (Fsp3) is 0.471. The molecule has 24 heavy (non-hydrogen) atoms. The second-order valence-electron chi connectivity index (χ2n) is 5.65. The molecule has 1 aromatic carbocycles. The van der Waals surface area contributed by atoms with Gasteiger partial charge < -0.3 is 20.4 Å². The number of carbonyl (C=O) groups is 3. The van der Waals surface area contributed by atoms with Crippen LogP contribution in [0, 0.1) is 0 Å². The molecule has 0 aromatic heterocycles. The van der Waals surface area contributed by atoms with E-state index in [9.17, 15) is 14.4 Å². The first-order valence-corrected chi connectivity index (χ1v) is 8.17. The van der Waals surface area contributed by atoms with Crippen LogP contribution >= 0.6 is 0 Å². The highest BCUT2D eigenvalue weighted by Crippen LogP contribution is 2.34. The minimum Gasteiger partial charge on any atom is -0.347 e. The molecule has 3 amide bonds. The molecule has 7 heteroatoms. The third kappa shape index (κ3) is 3.73. The molecule has 2 N–H and O–H groups in total. The standard InChI is InChI=1S/C17H24N4O3/c1-4-21(5-2)11-10-18-15(22)16(23)19-14-12-8-6-7-9-13(12)20(3)17(14)24/h6-9,14H,4-5,10-11H2,1-3H3,(H,18,22)(H,19,23)/t14-/m1/s1. The molecule has 0 saturated carbocycles. The van der Waals surface area contributed by atoms with Crippen molar-refractivity contribution >= 4 is 23.4 Å². The summed E-state index contributed by atoms with van der Waals surface area (Å²) in [6, 6.07) is 6.40. The normalized spacial score (nSPS) is 16.2. The van der Waals surface area contributed by atoms with Crippen molar-refractivity contribution in [1.29, 1.82) is 0 Å². The van der Waals surface area contributed by atoms with E-state index in [1.54, 1.807) is 19.2 Å². The van der Waals surface area contributed by atoms with E-state index in [1.165, 1.54) is 4.90 Å². The summed E-state index contributed by atoms with van der Waals surface area (Å²) in [7, 11) is 1.65. The highest BCUT2D eigenvalue weighted by Gasteiger charge is 2.36. The molecular weight excluding hydrogens is 308 g/mol. The van der Waals surface area contributed by atoms with Crippen molar-refractivity contribution in [2.24, 2.45) is 0 Å². The van der Waals surface area contributed by atoms with Gasteiger partial charge in [0.1, 0.15) is 6.04 Å². The molecule has 0 fully saturated rings. The van der Waals surface area contributed by atoms with Crippen LogP contribution in [0.5, 0.6) is 0 Å². The van der Waals surface area contributed by atoms with Crippen LogP contribution in [0.4, 0.5) is 5.69 Å². The van der Waals surface area contributed by atoms with Gasteiger partial charge >= 0.3 is 11.8 Å². The number of nitrogens with zero attached hydrogens (tertiary/aromatic N) is 2. The number of nitrogens with one attached hydrogen (secondary N) is 2. The predicted octanol–water partition coefficient (Wildman–Crippen LogP) is 0.278. The molecular formula is C17H24N4O3. The van der Waals surface area contributed by atoms with Gasteiger partial charge in [-0.2, -0.15) is 0 Å². The van der Waals surface area contributed by atoms with Crippen LogP contribution in [-0.2, 0) is 14.4 Å². The molecule has 130 valence electrons. The molecule has 0 spiro atoms. The average Bonchev–Trinajstić information content (AvgIpc) is 2.84. The summed E-state index contributed by atoms with van der Waals surface area (Å²) in [6.07, 6.45) is 0. The van der Waals surface area contributed by atoms with Gasteiger partial charge in [-0.25, -0.2) is 0 Å². The highest BCUT2D eigenvalue weighted by atomic mass is 16.2. The number of hydrogen-bond donors (Lipinski definition) is 2.